The molecular formula is C15H12Cl2N2O4. The van der Waals surface area contributed by atoms with Crippen molar-refractivity contribution in [1.82, 2.24) is 0 Å². The number of hydrogen-bond donors (Lipinski definition) is 1. The third-order valence-electron chi connectivity index (χ3n) is 2.90. The third kappa shape index (κ3) is 4.12. The van der Waals surface area contributed by atoms with E-state index in [4.69, 9.17) is 27.9 Å². The number of ether oxygens (including phenoxy) is 1. The van der Waals surface area contributed by atoms with Gasteiger partial charge in [0, 0.05) is 5.02 Å². The minimum atomic E-state index is -0.596. The molecule has 1 amide bonds. The first-order chi connectivity index (χ1) is 10.9. The maximum absolute atomic E-state index is 12.2. The molecular weight excluding hydrogens is 343 g/mol. The van der Waals surface area contributed by atoms with Gasteiger partial charge in [0.15, 0.2) is 0 Å². The first-order valence-corrected chi connectivity index (χ1v) is 7.35. The predicted octanol–water partition coefficient (Wildman–Crippen LogP) is 4.55. The van der Waals surface area contributed by atoms with Gasteiger partial charge in [-0.2, -0.15) is 0 Å². The van der Waals surface area contributed by atoms with Gasteiger partial charge >= 0.3 is 0 Å². The van der Waals surface area contributed by atoms with E-state index >= 15 is 0 Å². The highest BCUT2D eigenvalue weighted by molar-refractivity contribution is 6.37. The van der Waals surface area contributed by atoms with Gasteiger partial charge in [0.25, 0.3) is 11.6 Å². The minimum Gasteiger partial charge on any atom is -0.494 e. The van der Waals surface area contributed by atoms with E-state index in [0.717, 1.165) is 0 Å². The van der Waals surface area contributed by atoms with Crippen LogP contribution in [0.2, 0.25) is 10.0 Å². The second-order valence-corrected chi connectivity index (χ2v) is 5.29. The Morgan fingerprint density at radius 3 is 2.61 bits per heavy atom. The molecule has 0 fully saturated rings. The van der Waals surface area contributed by atoms with E-state index in [9.17, 15) is 14.9 Å². The molecule has 0 aliphatic rings. The van der Waals surface area contributed by atoms with Crippen LogP contribution in [0.4, 0.5) is 11.4 Å². The Morgan fingerprint density at radius 2 is 2.00 bits per heavy atom. The summed E-state index contributed by atoms with van der Waals surface area (Å²) in [5.74, 6) is -0.222. The van der Waals surface area contributed by atoms with Gasteiger partial charge in [0.05, 0.1) is 28.2 Å². The molecule has 0 unspecified atom stereocenters. The number of amides is 1. The van der Waals surface area contributed by atoms with E-state index in [1.165, 1.54) is 36.4 Å². The van der Waals surface area contributed by atoms with Gasteiger partial charge in [0.1, 0.15) is 11.4 Å². The molecule has 0 atom stereocenters. The maximum Gasteiger partial charge on any atom is 0.296 e. The number of anilines is 1. The van der Waals surface area contributed by atoms with Gasteiger partial charge in [-0.25, -0.2) is 0 Å². The highest BCUT2D eigenvalue weighted by Crippen LogP contribution is 2.30. The standard InChI is InChI=1S/C15H12Cl2N2O4/c1-2-23-10-4-6-13(14(8-10)19(21)22)18-15(20)11-5-3-9(16)7-12(11)17/h3-8H,2H2,1H3,(H,18,20). The molecule has 1 N–H and O–H groups in total. The lowest BCUT2D eigenvalue weighted by atomic mass is 10.2. The molecule has 0 heterocycles. The summed E-state index contributed by atoms with van der Waals surface area (Å²) >= 11 is 11.7. The molecule has 0 saturated carbocycles. The number of nitro groups is 1. The fraction of sp³-hybridized carbons (Fsp3) is 0.133. The number of nitrogens with one attached hydrogen (secondary N) is 1. The van der Waals surface area contributed by atoms with Crippen LogP contribution in [0.15, 0.2) is 36.4 Å². The fourth-order valence-electron chi connectivity index (χ4n) is 1.89. The van der Waals surface area contributed by atoms with Crippen molar-refractivity contribution in [2.45, 2.75) is 6.92 Å². The van der Waals surface area contributed by atoms with Crippen LogP contribution < -0.4 is 10.1 Å². The minimum absolute atomic E-state index is 0.0504. The van der Waals surface area contributed by atoms with E-state index < -0.39 is 10.8 Å². The van der Waals surface area contributed by atoms with E-state index in [2.05, 4.69) is 5.32 Å². The zero-order chi connectivity index (χ0) is 17.0. The summed E-state index contributed by atoms with van der Waals surface area (Å²) in [6.07, 6.45) is 0. The first kappa shape index (κ1) is 17.1. The normalized spacial score (nSPS) is 10.2. The second kappa shape index (κ2) is 7.30. The molecule has 0 saturated heterocycles. The largest absolute Gasteiger partial charge is 0.494 e. The summed E-state index contributed by atoms with van der Waals surface area (Å²) in [5.41, 5.74) is -0.0527. The lowest BCUT2D eigenvalue weighted by Gasteiger charge is -2.09. The number of benzene rings is 2. The Bertz CT molecular complexity index is 765. The molecule has 0 aliphatic heterocycles. The quantitative estimate of drug-likeness (QED) is 0.630. The fourth-order valence-corrected chi connectivity index (χ4v) is 2.38. The first-order valence-electron chi connectivity index (χ1n) is 6.60. The van der Waals surface area contributed by atoms with E-state index in [1.807, 2.05) is 0 Å². The number of carbonyl (C=O) groups is 1. The highest BCUT2D eigenvalue weighted by Gasteiger charge is 2.19. The van der Waals surface area contributed by atoms with Crippen molar-refractivity contribution in [3.05, 3.63) is 62.1 Å². The molecule has 0 aromatic heterocycles. The summed E-state index contributed by atoms with van der Waals surface area (Å²) in [5, 5.41) is 14.2. The Kier molecular flexibility index (Phi) is 5.41. The summed E-state index contributed by atoms with van der Waals surface area (Å²) in [6.45, 7) is 2.15. The Labute approximate surface area is 142 Å². The van der Waals surface area contributed by atoms with Crippen LogP contribution in [0.25, 0.3) is 0 Å². The number of rotatable bonds is 5. The number of halogens is 2. The van der Waals surface area contributed by atoms with Crippen molar-refractivity contribution >= 4 is 40.5 Å². The maximum atomic E-state index is 12.2. The average molecular weight is 355 g/mol. The van der Waals surface area contributed by atoms with Gasteiger partial charge < -0.3 is 10.1 Å². The van der Waals surface area contributed by atoms with Crippen LogP contribution in [-0.2, 0) is 0 Å². The lowest BCUT2D eigenvalue weighted by molar-refractivity contribution is -0.384. The number of nitrogens with zero attached hydrogens (tertiary/aromatic N) is 1. The Morgan fingerprint density at radius 1 is 1.26 bits per heavy atom. The van der Waals surface area contributed by atoms with Crippen LogP contribution in [0.1, 0.15) is 17.3 Å². The number of carbonyl (C=O) groups excluding carboxylic acids is 1. The van der Waals surface area contributed by atoms with E-state index in [0.29, 0.717) is 17.4 Å². The Hall–Kier alpha value is -2.31. The van der Waals surface area contributed by atoms with Crippen molar-refractivity contribution in [2.24, 2.45) is 0 Å². The molecule has 0 bridgehead atoms. The number of nitro benzene ring substituents is 1. The monoisotopic (exact) mass is 354 g/mol. The Balaban J connectivity index is 2.31. The van der Waals surface area contributed by atoms with Crippen LogP contribution >= 0.6 is 23.2 Å². The molecule has 2 rings (SSSR count). The summed E-state index contributed by atoms with van der Waals surface area (Å²) in [7, 11) is 0. The molecule has 0 spiro atoms. The van der Waals surface area contributed by atoms with Crippen molar-refractivity contribution in [3.8, 4) is 5.75 Å². The zero-order valence-electron chi connectivity index (χ0n) is 12.0. The van der Waals surface area contributed by atoms with Crippen LogP contribution in [0.5, 0.6) is 5.75 Å². The lowest BCUT2D eigenvalue weighted by Crippen LogP contribution is -2.13. The zero-order valence-corrected chi connectivity index (χ0v) is 13.5. The summed E-state index contributed by atoms with van der Waals surface area (Å²) in [6, 6.07) is 8.57. The molecule has 8 heteroatoms. The van der Waals surface area contributed by atoms with E-state index in [1.54, 1.807) is 6.92 Å². The second-order valence-electron chi connectivity index (χ2n) is 4.45. The van der Waals surface area contributed by atoms with Gasteiger partial charge in [-0.3, -0.25) is 14.9 Å². The molecule has 2 aromatic carbocycles. The number of hydrogen-bond acceptors (Lipinski definition) is 4. The SMILES string of the molecule is CCOc1ccc(NC(=O)c2ccc(Cl)cc2Cl)c([N+](=O)[O-])c1. The smallest absolute Gasteiger partial charge is 0.296 e. The van der Waals surface area contributed by atoms with Crippen molar-refractivity contribution in [2.75, 3.05) is 11.9 Å². The summed E-state index contributed by atoms with van der Waals surface area (Å²) in [4.78, 5) is 22.8. The molecule has 120 valence electrons. The van der Waals surface area contributed by atoms with Crippen molar-refractivity contribution < 1.29 is 14.5 Å². The average Bonchev–Trinajstić information content (AvgIpc) is 2.48. The topological polar surface area (TPSA) is 81.5 Å². The van der Waals surface area contributed by atoms with Crippen molar-refractivity contribution in [3.63, 3.8) is 0 Å². The van der Waals surface area contributed by atoms with Crippen LogP contribution in [0.3, 0.4) is 0 Å². The van der Waals surface area contributed by atoms with E-state index in [-0.39, 0.29) is 22.0 Å². The van der Waals surface area contributed by atoms with Crippen LogP contribution in [0, 0.1) is 10.1 Å². The molecule has 0 aliphatic carbocycles. The van der Waals surface area contributed by atoms with Crippen LogP contribution in [-0.4, -0.2) is 17.4 Å². The van der Waals surface area contributed by atoms with Gasteiger partial charge in [-0.05, 0) is 37.3 Å². The molecule has 2 aromatic rings. The third-order valence-corrected chi connectivity index (χ3v) is 3.45. The van der Waals surface area contributed by atoms with Crippen molar-refractivity contribution in [1.29, 1.82) is 0 Å². The molecule has 6 nitrogen and oxygen atoms in total. The molecule has 0 radical (unpaired) electrons. The molecule has 23 heavy (non-hydrogen) atoms. The highest BCUT2D eigenvalue weighted by atomic mass is 35.5. The predicted molar refractivity (Wildman–Crippen MR) is 88.7 cm³/mol. The van der Waals surface area contributed by atoms with Gasteiger partial charge in [-0.1, -0.05) is 23.2 Å². The van der Waals surface area contributed by atoms with Gasteiger partial charge in [-0.15, -0.1) is 0 Å². The summed E-state index contributed by atoms with van der Waals surface area (Å²) < 4.78 is 5.22. The van der Waals surface area contributed by atoms with Gasteiger partial charge in [0.2, 0.25) is 0 Å².